The molecule has 0 aromatic carbocycles. The molecule has 2 aromatic heterocycles. The lowest BCUT2D eigenvalue weighted by atomic mass is 10.4. The van der Waals surface area contributed by atoms with Crippen molar-refractivity contribution in [2.75, 3.05) is 0 Å². The first-order valence-electron chi connectivity index (χ1n) is 4.96. The highest BCUT2D eigenvalue weighted by Crippen LogP contribution is 2.09. The van der Waals surface area contributed by atoms with Gasteiger partial charge in [-0.15, -0.1) is 0 Å². The van der Waals surface area contributed by atoms with Crippen LogP contribution < -0.4 is 0 Å². The van der Waals surface area contributed by atoms with E-state index >= 15 is 0 Å². The molecule has 0 saturated heterocycles. The molecule has 0 spiro atoms. The molecule has 0 radical (unpaired) electrons. The first kappa shape index (κ1) is 10.7. The summed E-state index contributed by atoms with van der Waals surface area (Å²) < 4.78 is 2.07. The summed E-state index contributed by atoms with van der Waals surface area (Å²) in [6.07, 6.45) is 3.87. The van der Waals surface area contributed by atoms with E-state index in [1.165, 1.54) is 0 Å². The van der Waals surface area contributed by atoms with E-state index in [-0.39, 0.29) is 0 Å². The molecular weight excluding hydrogens is 174 g/mol. The van der Waals surface area contributed by atoms with E-state index < -0.39 is 0 Å². The molecule has 3 heteroatoms. The number of rotatable bonds is 0. The number of nitrogens with zero attached hydrogens (tertiary/aromatic N) is 3. The van der Waals surface area contributed by atoms with Crippen LogP contribution in [-0.4, -0.2) is 14.4 Å². The first-order chi connectivity index (χ1) is 6.68. The normalized spacial score (nSPS) is 9.79. The fraction of sp³-hybridized carbons (Fsp3) is 0.455. The van der Waals surface area contributed by atoms with Gasteiger partial charge in [-0.05, 0) is 20.8 Å². The standard InChI is InChI=1S/C9H11N3.C2H6/c1-6-5-12-7(2)4-10-9(12)8(3)11-6;1-2/h4-5H,1-3H3;1-2H3. The number of hydrogen-bond donors (Lipinski definition) is 0. The third-order valence-electron chi connectivity index (χ3n) is 1.97. The highest BCUT2D eigenvalue weighted by atomic mass is 15.0. The Hall–Kier alpha value is -1.38. The highest BCUT2D eigenvalue weighted by molar-refractivity contribution is 5.44. The van der Waals surface area contributed by atoms with Gasteiger partial charge in [0.15, 0.2) is 5.65 Å². The number of hydrogen-bond acceptors (Lipinski definition) is 2. The average molecular weight is 191 g/mol. The van der Waals surface area contributed by atoms with Crippen molar-refractivity contribution in [3.63, 3.8) is 0 Å². The summed E-state index contributed by atoms with van der Waals surface area (Å²) in [5, 5.41) is 0. The summed E-state index contributed by atoms with van der Waals surface area (Å²) in [5.74, 6) is 0. The molecule has 0 N–H and O–H groups in total. The first-order valence-corrected chi connectivity index (χ1v) is 4.96. The van der Waals surface area contributed by atoms with Gasteiger partial charge >= 0.3 is 0 Å². The van der Waals surface area contributed by atoms with E-state index in [2.05, 4.69) is 14.4 Å². The molecule has 0 unspecified atom stereocenters. The Morgan fingerprint density at radius 2 is 1.79 bits per heavy atom. The lowest BCUT2D eigenvalue weighted by molar-refractivity contribution is 1.00. The van der Waals surface area contributed by atoms with Crippen molar-refractivity contribution in [2.24, 2.45) is 0 Å². The minimum Gasteiger partial charge on any atom is -0.301 e. The van der Waals surface area contributed by atoms with Crippen LogP contribution in [0.25, 0.3) is 5.65 Å². The molecule has 76 valence electrons. The van der Waals surface area contributed by atoms with Crippen LogP contribution in [0.4, 0.5) is 0 Å². The second-order valence-corrected chi connectivity index (χ2v) is 3.06. The van der Waals surface area contributed by atoms with E-state index in [0.717, 1.165) is 22.7 Å². The topological polar surface area (TPSA) is 30.2 Å². The molecule has 0 amide bonds. The monoisotopic (exact) mass is 191 g/mol. The fourth-order valence-electron chi connectivity index (χ4n) is 1.41. The van der Waals surface area contributed by atoms with Crippen LogP contribution in [0.2, 0.25) is 0 Å². The summed E-state index contributed by atoms with van der Waals surface area (Å²) in [4.78, 5) is 8.59. The number of aromatic nitrogens is 3. The smallest absolute Gasteiger partial charge is 0.158 e. The Morgan fingerprint density at radius 1 is 1.14 bits per heavy atom. The van der Waals surface area contributed by atoms with Gasteiger partial charge < -0.3 is 4.40 Å². The molecule has 2 aromatic rings. The Bertz CT molecular complexity index is 429. The predicted molar refractivity (Wildman–Crippen MR) is 58.5 cm³/mol. The zero-order valence-electron chi connectivity index (χ0n) is 9.50. The van der Waals surface area contributed by atoms with Gasteiger partial charge in [-0.1, -0.05) is 13.8 Å². The van der Waals surface area contributed by atoms with Crippen molar-refractivity contribution in [1.29, 1.82) is 0 Å². The number of fused-ring (bicyclic) bond motifs is 1. The zero-order valence-corrected chi connectivity index (χ0v) is 9.50. The van der Waals surface area contributed by atoms with E-state index in [4.69, 9.17) is 0 Å². The van der Waals surface area contributed by atoms with E-state index in [1.54, 1.807) is 0 Å². The van der Waals surface area contributed by atoms with Crippen molar-refractivity contribution < 1.29 is 0 Å². The van der Waals surface area contributed by atoms with Gasteiger partial charge in [0.2, 0.25) is 0 Å². The van der Waals surface area contributed by atoms with Gasteiger partial charge in [0.1, 0.15) is 0 Å². The van der Waals surface area contributed by atoms with E-state index in [0.29, 0.717) is 0 Å². The lowest BCUT2D eigenvalue weighted by Gasteiger charge is -2.00. The molecule has 0 bridgehead atoms. The molecule has 0 atom stereocenters. The zero-order chi connectivity index (χ0) is 10.7. The van der Waals surface area contributed by atoms with Gasteiger partial charge in [0, 0.05) is 18.1 Å². The van der Waals surface area contributed by atoms with Gasteiger partial charge in [-0.3, -0.25) is 4.98 Å². The Morgan fingerprint density at radius 3 is 2.43 bits per heavy atom. The minimum atomic E-state index is 0.957. The minimum absolute atomic E-state index is 0.957. The summed E-state index contributed by atoms with van der Waals surface area (Å²) >= 11 is 0. The average Bonchev–Trinajstić information content (AvgIpc) is 2.52. The molecule has 0 fully saturated rings. The molecule has 2 heterocycles. The molecule has 0 aliphatic rings. The highest BCUT2D eigenvalue weighted by Gasteiger charge is 2.02. The van der Waals surface area contributed by atoms with Gasteiger partial charge in [-0.2, -0.15) is 0 Å². The summed E-state index contributed by atoms with van der Waals surface area (Å²) in [6, 6.07) is 0. The molecule has 0 saturated carbocycles. The van der Waals surface area contributed by atoms with Crippen molar-refractivity contribution >= 4 is 5.65 Å². The van der Waals surface area contributed by atoms with Crippen LogP contribution in [0.15, 0.2) is 12.4 Å². The van der Waals surface area contributed by atoms with Crippen LogP contribution in [0.3, 0.4) is 0 Å². The van der Waals surface area contributed by atoms with Crippen molar-refractivity contribution in [3.8, 4) is 0 Å². The SMILES string of the molecule is CC.Cc1cn2c(C)cnc2c(C)n1. The maximum atomic E-state index is 4.33. The second kappa shape index (κ2) is 4.22. The van der Waals surface area contributed by atoms with Crippen LogP contribution in [0.5, 0.6) is 0 Å². The summed E-state index contributed by atoms with van der Waals surface area (Å²) in [7, 11) is 0. The van der Waals surface area contributed by atoms with E-state index in [9.17, 15) is 0 Å². The maximum Gasteiger partial charge on any atom is 0.158 e. The quantitative estimate of drug-likeness (QED) is 0.641. The number of aryl methyl sites for hydroxylation is 3. The van der Waals surface area contributed by atoms with Crippen LogP contribution in [-0.2, 0) is 0 Å². The van der Waals surface area contributed by atoms with Gasteiger partial charge in [-0.25, -0.2) is 4.98 Å². The molecule has 0 aliphatic carbocycles. The lowest BCUT2D eigenvalue weighted by Crippen LogP contribution is -1.95. The Labute approximate surface area is 84.8 Å². The summed E-state index contributed by atoms with van der Waals surface area (Å²) in [6.45, 7) is 10.0. The Kier molecular flexibility index (Phi) is 3.23. The third-order valence-corrected chi connectivity index (χ3v) is 1.97. The molecule has 2 rings (SSSR count). The fourth-order valence-corrected chi connectivity index (χ4v) is 1.41. The van der Waals surface area contributed by atoms with Crippen LogP contribution in [0.1, 0.15) is 30.9 Å². The molecular formula is C11H17N3. The molecule has 0 aliphatic heterocycles. The number of imidazole rings is 1. The Balaban J connectivity index is 0.000000461. The van der Waals surface area contributed by atoms with Gasteiger partial charge in [0.05, 0.1) is 11.4 Å². The van der Waals surface area contributed by atoms with Crippen LogP contribution >= 0.6 is 0 Å². The van der Waals surface area contributed by atoms with Gasteiger partial charge in [0.25, 0.3) is 0 Å². The maximum absolute atomic E-state index is 4.33. The predicted octanol–water partition coefficient (Wildman–Crippen LogP) is 2.68. The molecule has 3 nitrogen and oxygen atoms in total. The molecule has 14 heavy (non-hydrogen) atoms. The van der Waals surface area contributed by atoms with E-state index in [1.807, 2.05) is 47.0 Å². The summed E-state index contributed by atoms with van der Waals surface area (Å²) in [5.41, 5.74) is 4.13. The van der Waals surface area contributed by atoms with Crippen LogP contribution in [0, 0.1) is 20.8 Å². The van der Waals surface area contributed by atoms with Crippen molar-refractivity contribution in [2.45, 2.75) is 34.6 Å². The third kappa shape index (κ3) is 1.76. The van der Waals surface area contributed by atoms with Crippen molar-refractivity contribution in [1.82, 2.24) is 14.4 Å². The van der Waals surface area contributed by atoms with Crippen molar-refractivity contribution in [3.05, 3.63) is 29.5 Å². The largest absolute Gasteiger partial charge is 0.301 e. The second-order valence-electron chi connectivity index (χ2n) is 3.06.